The predicted octanol–water partition coefficient (Wildman–Crippen LogP) is -6.19. The number of hydrogen-bond acceptors (Lipinski definition) is 18. The van der Waals surface area contributed by atoms with Crippen molar-refractivity contribution < 1.29 is 77.2 Å². The van der Waals surface area contributed by atoms with E-state index in [1.54, 1.807) is 0 Å². The number of quaternary nitrogens is 3. The first-order valence-corrected chi connectivity index (χ1v) is 12.6. The molecule has 1 aromatic rings. The highest BCUT2D eigenvalue weighted by Gasteiger charge is 2.46. The molecule has 0 spiro atoms. The number of hydrogen-bond donors (Lipinski definition) is 9. The van der Waals surface area contributed by atoms with E-state index in [-0.39, 0.29) is 24.7 Å². The van der Waals surface area contributed by atoms with E-state index in [0.29, 0.717) is 4.57 Å². The number of nitrogens with one attached hydrogen (secondary N) is 1. The number of carbonyl (C=O) groups is 2. The fraction of sp³-hybridized carbons (Fsp3) is 0.600. The van der Waals surface area contributed by atoms with Gasteiger partial charge < -0.3 is 82.0 Å². The fourth-order valence-corrected chi connectivity index (χ4v) is 4.58. The lowest BCUT2D eigenvalue weighted by Crippen LogP contribution is -2.50. The van der Waals surface area contributed by atoms with Crippen molar-refractivity contribution >= 4 is 27.9 Å². The summed E-state index contributed by atoms with van der Waals surface area (Å²) >= 11 is 0. The van der Waals surface area contributed by atoms with Crippen molar-refractivity contribution in [1.82, 2.24) is 28.0 Å². The standard InChI is InChI=1S/C15H22N2O18P2.3H3N/c18-3-5(19)8(21)10(23)12(34-37(30,31)35-36(27,28)29)14(25)32-4-6-9(22)11(24)13(33-6)17-2-1-7(20)16-15(17)26;;;/h1-3,5-6,8-13,19,21-24H,4H2,(H,30,31)(H,16,20,26)(H2,27,28,29);3*1H3/t5-,6+,8+,9+,10-,11+,12-,13+;;;/m0.../s1. The van der Waals surface area contributed by atoms with Crippen molar-refractivity contribution in [3.05, 3.63) is 33.1 Å². The second kappa shape index (κ2) is 15.6. The van der Waals surface area contributed by atoms with Gasteiger partial charge in [-0.3, -0.25) is 23.2 Å². The van der Waals surface area contributed by atoms with Crippen LogP contribution in [0.2, 0.25) is 0 Å². The number of aliphatic hydroxyl groups is 5. The predicted molar refractivity (Wildman–Crippen MR) is 121 cm³/mol. The second-order valence-electron chi connectivity index (χ2n) is 7.30. The number of phosphoric acid groups is 2. The molecular formula is C15H31N5O18P2. The molecule has 9 atom stereocenters. The monoisotopic (exact) mass is 631 g/mol. The summed E-state index contributed by atoms with van der Waals surface area (Å²) in [5.74, 6) is -1.95. The number of esters is 1. The zero-order valence-corrected chi connectivity index (χ0v) is 22.7. The van der Waals surface area contributed by atoms with Crippen LogP contribution in [0, 0.1) is 0 Å². The van der Waals surface area contributed by atoms with E-state index in [1.165, 1.54) is 0 Å². The normalized spacial score (nSPS) is 25.0. The van der Waals surface area contributed by atoms with Crippen LogP contribution in [-0.2, 0) is 37.0 Å². The van der Waals surface area contributed by atoms with Gasteiger partial charge in [0.1, 0.15) is 43.2 Å². The summed E-state index contributed by atoms with van der Waals surface area (Å²) in [6, 6.07) is 0.881. The van der Waals surface area contributed by atoms with E-state index in [1.807, 2.05) is 4.98 Å². The number of ether oxygens (including phenoxy) is 2. The summed E-state index contributed by atoms with van der Waals surface area (Å²) in [7, 11) is -12.5. The highest BCUT2D eigenvalue weighted by Crippen LogP contribution is 2.51. The lowest BCUT2D eigenvalue weighted by Gasteiger charge is -2.37. The zero-order chi connectivity index (χ0) is 28.3. The highest BCUT2D eigenvalue weighted by molar-refractivity contribution is 7.58. The van der Waals surface area contributed by atoms with Crippen molar-refractivity contribution in [1.29, 1.82) is 0 Å². The van der Waals surface area contributed by atoms with Crippen LogP contribution < -0.4 is 44.4 Å². The average Bonchev–Trinajstić information content (AvgIpc) is 3.06. The SMILES string of the molecule is O=C[C@H](O)[C@@H](O)[C@H](O)[C@H](OP(=O)([O-])OP(=O)([O-])[O-])C(=O)OC[C@H]1O[C@@H](n2ccc(=O)[nH]c2=O)[C@H](O)[C@@H]1O.[NH4+].[NH4+].[NH4+]. The molecule has 0 saturated carbocycles. The molecule has 0 aromatic carbocycles. The lowest BCUT2D eigenvalue weighted by molar-refractivity contribution is -0.340. The highest BCUT2D eigenvalue weighted by atomic mass is 31.3. The summed E-state index contributed by atoms with van der Waals surface area (Å²) in [6.45, 7) is -1.07. The van der Waals surface area contributed by atoms with Gasteiger partial charge in [0.25, 0.3) is 13.4 Å². The Kier molecular flexibility index (Phi) is 15.6. The van der Waals surface area contributed by atoms with Gasteiger partial charge in [0, 0.05) is 12.3 Å². The molecule has 40 heavy (non-hydrogen) atoms. The maximum atomic E-state index is 12.4. The van der Waals surface area contributed by atoms with Gasteiger partial charge in [0.2, 0.25) is 0 Å². The van der Waals surface area contributed by atoms with Crippen molar-refractivity contribution in [2.45, 2.75) is 49.0 Å². The number of aliphatic hydroxyl groups excluding tert-OH is 5. The number of aromatic nitrogens is 2. The summed E-state index contributed by atoms with van der Waals surface area (Å²) in [4.78, 5) is 80.8. The van der Waals surface area contributed by atoms with E-state index in [9.17, 15) is 68.5 Å². The van der Waals surface area contributed by atoms with Crippen LogP contribution >= 0.6 is 15.6 Å². The number of carbonyl (C=O) groups excluding carboxylic acids is 2. The van der Waals surface area contributed by atoms with Gasteiger partial charge in [-0.25, -0.2) is 9.59 Å². The molecule has 1 aromatic heterocycles. The second-order valence-corrected chi connectivity index (χ2v) is 9.96. The molecule has 0 bridgehead atoms. The van der Waals surface area contributed by atoms with Gasteiger partial charge in [0.15, 0.2) is 18.6 Å². The number of aldehydes is 1. The zero-order valence-electron chi connectivity index (χ0n) is 20.9. The average molecular weight is 631 g/mol. The minimum Gasteiger partial charge on any atom is -0.790 e. The van der Waals surface area contributed by atoms with Crippen LogP contribution in [0.5, 0.6) is 0 Å². The molecule has 25 heteroatoms. The molecule has 1 saturated heterocycles. The van der Waals surface area contributed by atoms with Crippen LogP contribution in [0.4, 0.5) is 0 Å². The Hall–Kier alpha value is -2.28. The fourth-order valence-electron chi connectivity index (χ4n) is 2.96. The molecule has 0 radical (unpaired) electrons. The van der Waals surface area contributed by atoms with E-state index < -0.39 is 88.4 Å². The van der Waals surface area contributed by atoms with Gasteiger partial charge >= 0.3 is 11.7 Å². The molecular weight excluding hydrogens is 600 g/mol. The molecule has 23 nitrogen and oxygen atoms in total. The van der Waals surface area contributed by atoms with Crippen molar-refractivity contribution in [2.24, 2.45) is 0 Å². The number of aromatic amines is 1. The van der Waals surface area contributed by atoms with Crippen LogP contribution in [0.15, 0.2) is 21.9 Å². The van der Waals surface area contributed by atoms with Gasteiger partial charge in [-0.1, -0.05) is 0 Å². The Morgan fingerprint density at radius 3 is 2.17 bits per heavy atom. The molecule has 1 aliphatic heterocycles. The Balaban J connectivity index is 0. The minimum atomic E-state index is -6.28. The van der Waals surface area contributed by atoms with Gasteiger partial charge in [0.05, 0.1) is 7.82 Å². The molecule has 1 fully saturated rings. The number of nitrogens with zero attached hydrogens (tertiary/aromatic N) is 1. The van der Waals surface area contributed by atoms with E-state index in [4.69, 9.17) is 4.74 Å². The van der Waals surface area contributed by atoms with Crippen LogP contribution in [-0.4, -0.2) is 96.7 Å². The third kappa shape index (κ3) is 10.3. The number of rotatable bonds is 12. The van der Waals surface area contributed by atoms with Crippen molar-refractivity contribution in [3.8, 4) is 0 Å². The lowest BCUT2D eigenvalue weighted by atomic mass is 10.0. The smallest absolute Gasteiger partial charge is 0.338 e. The molecule has 234 valence electrons. The molecule has 2 rings (SSSR count). The maximum absolute atomic E-state index is 12.4. The largest absolute Gasteiger partial charge is 0.790 e. The summed E-state index contributed by atoms with van der Waals surface area (Å²) in [6.07, 6.45) is -17.2. The maximum Gasteiger partial charge on any atom is 0.338 e. The van der Waals surface area contributed by atoms with E-state index >= 15 is 0 Å². The third-order valence-corrected chi connectivity index (χ3v) is 6.76. The summed E-state index contributed by atoms with van der Waals surface area (Å²) in [5.41, 5.74) is -1.85. The first-order chi connectivity index (χ1) is 17.0. The molecule has 18 N–H and O–H groups in total. The van der Waals surface area contributed by atoms with Crippen molar-refractivity contribution in [2.75, 3.05) is 6.61 Å². The first kappa shape index (κ1) is 39.9. The van der Waals surface area contributed by atoms with E-state index in [0.717, 1.165) is 12.3 Å². The van der Waals surface area contributed by atoms with Crippen LogP contribution in [0.3, 0.4) is 0 Å². The minimum absolute atomic E-state index is 0. The molecule has 2 heterocycles. The van der Waals surface area contributed by atoms with E-state index in [2.05, 4.69) is 13.6 Å². The summed E-state index contributed by atoms with van der Waals surface area (Å²) < 4.78 is 39.9. The Morgan fingerprint density at radius 1 is 1.10 bits per heavy atom. The topological polar surface area (TPSA) is 440 Å². The number of phosphoric ester groups is 1. The molecule has 1 unspecified atom stereocenters. The van der Waals surface area contributed by atoms with Crippen LogP contribution in [0.25, 0.3) is 0 Å². The van der Waals surface area contributed by atoms with Gasteiger partial charge in [-0.2, -0.15) is 0 Å². The van der Waals surface area contributed by atoms with Crippen LogP contribution in [0.1, 0.15) is 6.23 Å². The Labute approximate surface area is 222 Å². The quantitative estimate of drug-likeness (QED) is 0.0588. The van der Waals surface area contributed by atoms with Gasteiger partial charge in [-0.15, -0.1) is 0 Å². The molecule has 0 aliphatic carbocycles. The third-order valence-electron chi connectivity index (χ3n) is 4.68. The molecule has 0 amide bonds. The Bertz CT molecular complexity index is 1190. The van der Waals surface area contributed by atoms with Gasteiger partial charge in [-0.05, 0) is 0 Å². The molecule has 1 aliphatic rings. The Morgan fingerprint density at radius 2 is 1.68 bits per heavy atom. The van der Waals surface area contributed by atoms with Crippen molar-refractivity contribution in [3.63, 3.8) is 0 Å². The number of H-pyrrole nitrogens is 1. The first-order valence-electron chi connectivity index (χ1n) is 9.69. The summed E-state index contributed by atoms with van der Waals surface area (Å²) in [5, 5.41) is 49.3.